The predicted octanol–water partition coefficient (Wildman–Crippen LogP) is 1.35. The SMILES string of the molecule is O=C1Nc2ccccc2C12CN(Cl)C2. The van der Waals surface area contributed by atoms with E-state index in [4.69, 9.17) is 11.8 Å². The van der Waals surface area contributed by atoms with Gasteiger partial charge in [0.2, 0.25) is 5.91 Å². The van der Waals surface area contributed by atoms with Gasteiger partial charge in [0.15, 0.2) is 0 Å². The zero-order chi connectivity index (χ0) is 9.76. The summed E-state index contributed by atoms with van der Waals surface area (Å²) in [5.74, 6) is 0.0793. The standard InChI is InChI=1S/C10H9ClN2O/c11-13-5-10(6-13)7-3-1-2-4-8(7)12-9(10)14/h1-4H,5-6H2,(H,12,14). The summed E-state index contributed by atoms with van der Waals surface area (Å²) in [6.45, 7) is 1.22. The van der Waals surface area contributed by atoms with E-state index in [9.17, 15) is 4.79 Å². The predicted molar refractivity (Wildman–Crippen MR) is 54.2 cm³/mol. The molecule has 1 aromatic rings. The van der Waals surface area contributed by atoms with Crippen LogP contribution in [0.15, 0.2) is 24.3 Å². The lowest BCUT2D eigenvalue weighted by Gasteiger charge is -2.42. The Balaban J connectivity index is 2.12. The van der Waals surface area contributed by atoms with E-state index in [0.717, 1.165) is 11.3 Å². The number of fused-ring (bicyclic) bond motifs is 2. The molecule has 0 saturated carbocycles. The Kier molecular flexibility index (Phi) is 1.47. The number of carbonyl (C=O) groups excluding carboxylic acids is 1. The lowest BCUT2D eigenvalue weighted by Crippen LogP contribution is -2.59. The Bertz CT molecular complexity index is 412. The molecule has 3 nitrogen and oxygen atoms in total. The van der Waals surface area contributed by atoms with E-state index in [1.54, 1.807) is 4.42 Å². The maximum absolute atomic E-state index is 11.8. The van der Waals surface area contributed by atoms with E-state index >= 15 is 0 Å². The van der Waals surface area contributed by atoms with Crippen LogP contribution in [0.4, 0.5) is 5.69 Å². The average molecular weight is 209 g/mol. The van der Waals surface area contributed by atoms with Crippen LogP contribution in [0.3, 0.4) is 0 Å². The summed E-state index contributed by atoms with van der Waals surface area (Å²) in [5, 5.41) is 2.89. The first kappa shape index (κ1) is 8.26. The van der Waals surface area contributed by atoms with Crippen LogP contribution >= 0.6 is 11.8 Å². The molecule has 1 saturated heterocycles. The van der Waals surface area contributed by atoms with Gasteiger partial charge in [0.25, 0.3) is 0 Å². The Labute approximate surface area is 86.8 Å². The van der Waals surface area contributed by atoms with Crippen molar-refractivity contribution < 1.29 is 4.79 Å². The minimum absolute atomic E-state index is 0.0793. The molecule has 1 fully saturated rings. The largest absolute Gasteiger partial charge is 0.325 e. The van der Waals surface area contributed by atoms with Gasteiger partial charge in [0, 0.05) is 18.8 Å². The highest BCUT2D eigenvalue weighted by atomic mass is 35.5. The smallest absolute Gasteiger partial charge is 0.237 e. The summed E-state index contributed by atoms with van der Waals surface area (Å²) in [6.07, 6.45) is 0. The van der Waals surface area contributed by atoms with Gasteiger partial charge in [-0.3, -0.25) is 4.79 Å². The van der Waals surface area contributed by atoms with Crippen LogP contribution in [0.5, 0.6) is 0 Å². The second-order valence-corrected chi connectivity index (χ2v) is 4.34. The molecule has 2 heterocycles. The molecule has 1 amide bonds. The highest BCUT2D eigenvalue weighted by Gasteiger charge is 2.54. The first-order valence-corrected chi connectivity index (χ1v) is 4.88. The van der Waals surface area contributed by atoms with Crippen molar-refractivity contribution in [3.63, 3.8) is 0 Å². The lowest BCUT2D eigenvalue weighted by atomic mass is 9.76. The minimum atomic E-state index is -0.377. The molecule has 0 atom stereocenters. The molecule has 3 rings (SSSR count). The summed E-state index contributed by atoms with van der Waals surface area (Å²) >= 11 is 5.80. The van der Waals surface area contributed by atoms with E-state index in [1.807, 2.05) is 24.3 Å². The number of hydrogen-bond donors (Lipinski definition) is 1. The number of nitrogens with zero attached hydrogens (tertiary/aromatic N) is 1. The highest BCUT2D eigenvalue weighted by molar-refractivity contribution is 6.16. The van der Waals surface area contributed by atoms with Crippen LogP contribution < -0.4 is 5.32 Å². The van der Waals surface area contributed by atoms with E-state index in [-0.39, 0.29) is 11.3 Å². The van der Waals surface area contributed by atoms with E-state index in [1.165, 1.54) is 0 Å². The molecule has 0 aromatic heterocycles. The monoisotopic (exact) mass is 208 g/mol. The normalized spacial score (nSPS) is 23.1. The maximum Gasteiger partial charge on any atom is 0.237 e. The summed E-state index contributed by atoms with van der Waals surface area (Å²) in [7, 11) is 0. The molecule has 14 heavy (non-hydrogen) atoms. The van der Waals surface area contributed by atoms with Gasteiger partial charge in [-0.25, -0.2) is 4.42 Å². The van der Waals surface area contributed by atoms with Crippen LogP contribution in [0.25, 0.3) is 0 Å². The second kappa shape index (κ2) is 2.49. The van der Waals surface area contributed by atoms with E-state index in [2.05, 4.69) is 5.32 Å². The van der Waals surface area contributed by atoms with Crippen LogP contribution in [0, 0.1) is 0 Å². The van der Waals surface area contributed by atoms with Crippen molar-refractivity contribution in [3.05, 3.63) is 29.8 Å². The number of carbonyl (C=O) groups is 1. The van der Waals surface area contributed by atoms with Crippen molar-refractivity contribution in [3.8, 4) is 0 Å². The van der Waals surface area contributed by atoms with E-state index < -0.39 is 0 Å². The molecule has 72 valence electrons. The number of para-hydroxylation sites is 1. The maximum atomic E-state index is 11.8. The van der Waals surface area contributed by atoms with Gasteiger partial charge in [-0.15, -0.1) is 0 Å². The number of benzene rings is 1. The molecule has 0 bridgehead atoms. The third-order valence-electron chi connectivity index (χ3n) is 3.01. The number of rotatable bonds is 0. The molecule has 1 N–H and O–H groups in total. The van der Waals surface area contributed by atoms with Crippen LogP contribution in [-0.2, 0) is 10.2 Å². The third kappa shape index (κ3) is 0.837. The Morgan fingerprint density at radius 1 is 1.36 bits per heavy atom. The van der Waals surface area contributed by atoms with E-state index in [0.29, 0.717) is 13.1 Å². The van der Waals surface area contributed by atoms with Crippen LogP contribution in [0.2, 0.25) is 0 Å². The molecule has 0 unspecified atom stereocenters. The van der Waals surface area contributed by atoms with Gasteiger partial charge >= 0.3 is 0 Å². The molecule has 2 aliphatic heterocycles. The lowest BCUT2D eigenvalue weighted by molar-refractivity contribution is -0.124. The summed E-state index contributed by atoms with van der Waals surface area (Å²) < 4.78 is 1.64. The van der Waals surface area contributed by atoms with Gasteiger partial charge in [-0.2, -0.15) is 0 Å². The first-order chi connectivity index (χ1) is 6.72. The van der Waals surface area contributed by atoms with Gasteiger partial charge in [0.1, 0.15) is 5.41 Å². The molecule has 0 aliphatic carbocycles. The zero-order valence-electron chi connectivity index (χ0n) is 7.46. The number of anilines is 1. The van der Waals surface area contributed by atoms with Gasteiger partial charge < -0.3 is 5.32 Å². The topological polar surface area (TPSA) is 32.3 Å². The van der Waals surface area contributed by atoms with Crippen LogP contribution in [0.1, 0.15) is 5.56 Å². The fraction of sp³-hybridized carbons (Fsp3) is 0.300. The quantitative estimate of drug-likeness (QED) is 0.653. The molecular formula is C10H9ClN2O. The molecule has 1 aromatic carbocycles. The molecule has 2 aliphatic rings. The minimum Gasteiger partial charge on any atom is -0.325 e. The van der Waals surface area contributed by atoms with Gasteiger partial charge in [-0.1, -0.05) is 18.2 Å². The Morgan fingerprint density at radius 3 is 2.79 bits per heavy atom. The average Bonchev–Trinajstić information content (AvgIpc) is 2.40. The summed E-state index contributed by atoms with van der Waals surface area (Å²) in [4.78, 5) is 11.8. The fourth-order valence-electron chi connectivity index (χ4n) is 2.23. The molecule has 0 radical (unpaired) electrons. The third-order valence-corrected chi connectivity index (χ3v) is 3.25. The van der Waals surface area contributed by atoms with Crippen molar-refractivity contribution in [2.75, 3.05) is 18.4 Å². The van der Waals surface area contributed by atoms with Gasteiger partial charge in [-0.05, 0) is 23.4 Å². The molecular weight excluding hydrogens is 200 g/mol. The molecule has 4 heteroatoms. The molecule has 1 spiro atoms. The van der Waals surface area contributed by atoms with Crippen molar-refractivity contribution in [1.29, 1.82) is 0 Å². The number of amides is 1. The Morgan fingerprint density at radius 2 is 2.07 bits per heavy atom. The van der Waals surface area contributed by atoms with Crippen LogP contribution in [-0.4, -0.2) is 23.4 Å². The second-order valence-electron chi connectivity index (χ2n) is 3.86. The first-order valence-electron chi connectivity index (χ1n) is 4.54. The fourth-order valence-corrected chi connectivity index (χ4v) is 2.64. The van der Waals surface area contributed by atoms with Crippen molar-refractivity contribution >= 4 is 23.4 Å². The highest BCUT2D eigenvalue weighted by Crippen LogP contribution is 2.44. The number of halogens is 1. The summed E-state index contributed by atoms with van der Waals surface area (Å²) in [5.41, 5.74) is 1.64. The number of nitrogens with one attached hydrogen (secondary N) is 1. The van der Waals surface area contributed by atoms with Crippen molar-refractivity contribution in [2.45, 2.75) is 5.41 Å². The Hall–Kier alpha value is -1.06. The number of hydrogen-bond acceptors (Lipinski definition) is 2. The zero-order valence-corrected chi connectivity index (χ0v) is 8.21. The summed E-state index contributed by atoms with van der Waals surface area (Å²) in [6, 6.07) is 7.81. The van der Waals surface area contributed by atoms with Crippen molar-refractivity contribution in [1.82, 2.24) is 4.42 Å². The van der Waals surface area contributed by atoms with Gasteiger partial charge in [0.05, 0.1) is 0 Å². The van der Waals surface area contributed by atoms with Crippen molar-refractivity contribution in [2.24, 2.45) is 0 Å².